The van der Waals surface area contributed by atoms with Crippen molar-refractivity contribution in [1.29, 1.82) is 0 Å². The number of hydrogen-bond acceptors (Lipinski definition) is 8. The summed E-state index contributed by atoms with van der Waals surface area (Å²) in [5, 5.41) is 8.20. The van der Waals surface area contributed by atoms with Crippen molar-refractivity contribution in [3.05, 3.63) is 24.5 Å². The summed E-state index contributed by atoms with van der Waals surface area (Å²) in [6.45, 7) is 5.67. The minimum absolute atomic E-state index is 0.475. The fourth-order valence-electron chi connectivity index (χ4n) is 3.08. The van der Waals surface area contributed by atoms with Gasteiger partial charge in [-0.15, -0.1) is 0 Å². The van der Waals surface area contributed by atoms with E-state index in [1.165, 1.54) is 18.2 Å². The highest BCUT2D eigenvalue weighted by molar-refractivity contribution is 7.99. The molecule has 0 bridgehead atoms. The molecule has 29 heavy (non-hydrogen) atoms. The van der Waals surface area contributed by atoms with E-state index in [9.17, 15) is 0 Å². The molecule has 1 aliphatic heterocycles. The zero-order valence-corrected chi connectivity index (χ0v) is 18.4. The Balaban J connectivity index is 1.75. The standard InChI is InChI=1S/C19H27N7OS2/c1-14-6-3-10-26(13-14)15-12-16(29-19-21-7-4-8-22-19)24-17(23-15)25-18(28)20-9-5-11-27-2/h4,7-8,12,14H,3,5-6,9-11,13H2,1-2H3,(H2,20,23,24,25,28)/t14-/m1/s1. The normalized spacial score (nSPS) is 16.5. The molecule has 3 rings (SSSR count). The van der Waals surface area contributed by atoms with E-state index in [2.05, 4.69) is 37.4 Å². The Morgan fingerprint density at radius 1 is 1.34 bits per heavy atom. The van der Waals surface area contributed by atoms with Crippen LogP contribution in [0.4, 0.5) is 11.8 Å². The molecular formula is C19H27N7OS2. The third-order valence-corrected chi connectivity index (χ3v) is 5.50. The summed E-state index contributed by atoms with van der Waals surface area (Å²) in [7, 11) is 1.69. The van der Waals surface area contributed by atoms with E-state index < -0.39 is 0 Å². The number of rotatable bonds is 8. The molecule has 0 spiro atoms. The number of piperidine rings is 1. The van der Waals surface area contributed by atoms with Gasteiger partial charge in [-0.1, -0.05) is 6.92 Å². The van der Waals surface area contributed by atoms with Gasteiger partial charge in [0.15, 0.2) is 10.3 Å². The van der Waals surface area contributed by atoms with E-state index in [1.54, 1.807) is 25.6 Å². The number of anilines is 2. The molecular weight excluding hydrogens is 406 g/mol. The molecule has 1 saturated heterocycles. The Labute approximate surface area is 181 Å². The number of methoxy groups -OCH3 is 1. The molecule has 1 atom stereocenters. The van der Waals surface area contributed by atoms with E-state index in [0.29, 0.717) is 28.7 Å². The molecule has 0 aliphatic carbocycles. The number of aromatic nitrogens is 4. The first-order chi connectivity index (χ1) is 14.1. The predicted molar refractivity (Wildman–Crippen MR) is 120 cm³/mol. The monoisotopic (exact) mass is 433 g/mol. The summed E-state index contributed by atoms with van der Waals surface area (Å²) < 4.78 is 5.06. The van der Waals surface area contributed by atoms with E-state index in [1.807, 2.05) is 6.07 Å². The number of thiocarbonyl (C=S) groups is 1. The molecule has 0 amide bonds. The molecule has 8 nitrogen and oxygen atoms in total. The second-order valence-corrected chi connectivity index (χ2v) is 8.34. The molecule has 2 aromatic heterocycles. The minimum atomic E-state index is 0.475. The Hall–Kier alpha value is -2.04. The minimum Gasteiger partial charge on any atom is -0.385 e. The van der Waals surface area contributed by atoms with Crippen LogP contribution in [0.1, 0.15) is 26.2 Å². The van der Waals surface area contributed by atoms with Crippen LogP contribution >= 0.6 is 24.0 Å². The van der Waals surface area contributed by atoms with Crippen LogP contribution in [0.5, 0.6) is 0 Å². The topological polar surface area (TPSA) is 88.1 Å². The highest BCUT2D eigenvalue weighted by Crippen LogP contribution is 2.28. The van der Waals surface area contributed by atoms with Crippen molar-refractivity contribution in [3.8, 4) is 0 Å². The van der Waals surface area contributed by atoms with Crippen molar-refractivity contribution in [2.24, 2.45) is 5.92 Å². The maximum absolute atomic E-state index is 5.39. The first-order valence-electron chi connectivity index (χ1n) is 9.76. The smallest absolute Gasteiger partial charge is 0.232 e. The van der Waals surface area contributed by atoms with Gasteiger partial charge in [0.1, 0.15) is 10.8 Å². The Morgan fingerprint density at radius 3 is 2.93 bits per heavy atom. The van der Waals surface area contributed by atoms with Gasteiger partial charge in [0.2, 0.25) is 5.95 Å². The third-order valence-electron chi connectivity index (χ3n) is 4.44. The van der Waals surface area contributed by atoms with Crippen LogP contribution in [0.2, 0.25) is 0 Å². The lowest BCUT2D eigenvalue weighted by atomic mass is 10.0. The first-order valence-corrected chi connectivity index (χ1v) is 11.0. The fourth-order valence-corrected chi connectivity index (χ4v) is 3.98. The van der Waals surface area contributed by atoms with E-state index in [4.69, 9.17) is 21.9 Å². The number of hydrogen-bond donors (Lipinski definition) is 2. The van der Waals surface area contributed by atoms with Gasteiger partial charge in [-0.05, 0) is 55.2 Å². The van der Waals surface area contributed by atoms with Crippen LogP contribution < -0.4 is 15.5 Å². The van der Waals surface area contributed by atoms with Gasteiger partial charge in [-0.2, -0.15) is 4.98 Å². The summed E-state index contributed by atoms with van der Waals surface area (Å²) in [5.41, 5.74) is 0. The third kappa shape index (κ3) is 7.06. The molecule has 0 unspecified atom stereocenters. The molecule has 1 fully saturated rings. The second kappa shape index (κ2) is 11.2. The fraction of sp³-hybridized carbons (Fsp3) is 0.526. The van der Waals surface area contributed by atoms with Gasteiger partial charge in [0.25, 0.3) is 0 Å². The van der Waals surface area contributed by atoms with E-state index in [0.717, 1.165) is 43.3 Å². The molecule has 3 heterocycles. The van der Waals surface area contributed by atoms with Crippen LogP contribution in [0, 0.1) is 5.92 Å². The molecule has 2 N–H and O–H groups in total. The van der Waals surface area contributed by atoms with Gasteiger partial charge in [-0.25, -0.2) is 15.0 Å². The van der Waals surface area contributed by atoms with Gasteiger partial charge < -0.3 is 20.3 Å². The van der Waals surface area contributed by atoms with E-state index >= 15 is 0 Å². The van der Waals surface area contributed by atoms with Crippen molar-refractivity contribution in [2.75, 3.05) is 43.6 Å². The zero-order chi connectivity index (χ0) is 20.5. The average molecular weight is 434 g/mol. The molecule has 0 saturated carbocycles. The highest BCUT2D eigenvalue weighted by Gasteiger charge is 2.20. The van der Waals surface area contributed by atoms with Crippen molar-refractivity contribution in [1.82, 2.24) is 25.3 Å². The lowest BCUT2D eigenvalue weighted by Crippen LogP contribution is -2.35. The van der Waals surface area contributed by atoms with Gasteiger partial charge >= 0.3 is 0 Å². The van der Waals surface area contributed by atoms with Crippen molar-refractivity contribution < 1.29 is 4.74 Å². The Kier molecular flexibility index (Phi) is 8.38. The van der Waals surface area contributed by atoms with Crippen molar-refractivity contribution in [2.45, 2.75) is 36.4 Å². The summed E-state index contributed by atoms with van der Waals surface area (Å²) in [6, 6.07) is 3.80. The lowest BCUT2D eigenvalue weighted by Gasteiger charge is -2.32. The summed E-state index contributed by atoms with van der Waals surface area (Å²) >= 11 is 6.80. The number of ether oxygens (including phenoxy) is 1. The van der Waals surface area contributed by atoms with E-state index in [-0.39, 0.29) is 0 Å². The Bertz CT molecular complexity index is 793. The van der Waals surface area contributed by atoms with Crippen molar-refractivity contribution in [3.63, 3.8) is 0 Å². The number of nitrogens with zero attached hydrogens (tertiary/aromatic N) is 5. The van der Waals surface area contributed by atoms with Crippen LogP contribution in [0.3, 0.4) is 0 Å². The van der Waals surface area contributed by atoms with Crippen molar-refractivity contribution >= 4 is 40.9 Å². The van der Waals surface area contributed by atoms with Crippen LogP contribution in [0.25, 0.3) is 0 Å². The molecule has 156 valence electrons. The summed E-state index contributed by atoms with van der Waals surface area (Å²) in [6.07, 6.45) is 6.74. The van der Waals surface area contributed by atoms with Gasteiger partial charge in [0.05, 0.1) is 0 Å². The van der Waals surface area contributed by atoms with Gasteiger partial charge in [-0.3, -0.25) is 0 Å². The average Bonchev–Trinajstić information content (AvgIpc) is 2.72. The molecule has 10 heteroatoms. The molecule has 0 radical (unpaired) electrons. The largest absolute Gasteiger partial charge is 0.385 e. The quantitative estimate of drug-likeness (QED) is 0.280. The maximum atomic E-state index is 5.39. The van der Waals surface area contributed by atoms with Crippen LogP contribution in [-0.2, 0) is 4.74 Å². The zero-order valence-electron chi connectivity index (χ0n) is 16.8. The molecule has 1 aliphatic rings. The van der Waals surface area contributed by atoms with Crippen LogP contribution in [0.15, 0.2) is 34.7 Å². The summed E-state index contributed by atoms with van der Waals surface area (Å²) in [5.74, 6) is 2.02. The number of nitrogens with one attached hydrogen (secondary N) is 2. The second-order valence-electron chi connectivity index (χ2n) is 6.94. The predicted octanol–water partition coefficient (Wildman–Crippen LogP) is 2.98. The Morgan fingerprint density at radius 2 is 2.17 bits per heavy atom. The lowest BCUT2D eigenvalue weighted by molar-refractivity contribution is 0.196. The molecule has 2 aromatic rings. The van der Waals surface area contributed by atoms with Gasteiger partial charge in [0, 0.05) is 51.8 Å². The molecule has 0 aromatic carbocycles. The van der Waals surface area contributed by atoms with Crippen LogP contribution in [-0.4, -0.2) is 58.4 Å². The maximum Gasteiger partial charge on any atom is 0.232 e. The highest BCUT2D eigenvalue weighted by atomic mass is 32.2. The SMILES string of the molecule is COCCCNC(=S)Nc1nc(Sc2ncccn2)cc(N2CCC[C@@H](C)C2)n1. The first kappa shape index (κ1) is 21.7. The summed E-state index contributed by atoms with van der Waals surface area (Å²) in [4.78, 5) is 20.2.